The Morgan fingerprint density at radius 2 is 2.24 bits per heavy atom. The van der Waals surface area contributed by atoms with E-state index < -0.39 is 11.4 Å². The van der Waals surface area contributed by atoms with Gasteiger partial charge in [-0.2, -0.15) is 10.4 Å². The average molecular weight is 237 g/mol. The van der Waals surface area contributed by atoms with Crippen LogP contribution in [0.2, 0.25) is 0 Å². The van der Waals surface area contributed by atoms with E-state index in [2.05, 4.69) is 11.2 Å². The minimum absolute atomic E-state index is 0.000589. The molecule has 0 unspecified atom stereocenters. The summed E-state index contributed by atoms with van der Waals surface area (Å²) in [6, 6.07) is 2.13. The lowest BCUT2D eigenvalue weighted by Crippen LogP contribution is -2.36. The number of nitriles is 1. The van der Waals surface area contributed by atoms with Gasteiger partial charge in [0, 0.05) is 19.4 Å². The lowest BCUT2D eigenvalue weighted by atomic mass is 9.91. The highest BCUT2D eigenvalue weighted by Crippen LogP contribution is 2.20. The lowest BCUT2D eigenvalue weighted by molar-refractivity contribution is -0.133. The first-order valence-corrected chi connectivity index (χ1v) is 5.38. The van der Waals surface area contributed by atoms with Crippen LogP contribution in [0.3, 0.4) is 0 Å². The zero-order chi connectivity index (χ0) is 13.1. The van der Waals surface area contributed by atoms with E-state index in [1.807, 2.05) is 0 Å². The molecule has 17 heavy (non-hydrogen) atoms. The van der Waals surface area contributed by atoms with Gasteiger partial charge in [0.05, 0.1) is 11.5 Å². The van der Waals surface area contributed by atoms with E-state index in [4.69, 9.17) is 10.4 Å². The Kier molecular flexibility index (Phi) is 3.84. The van der Waals surface area contributed by atoms with E-state index in [-0.39, 0.29) is 31.0 Å². The number of hydrogen-bond donors (Lipinski definition) is 1. The number of hydrazone groups is 1. The van der Waals surface area contributed by atoms with Crippen LogP contribution in [0.25, 0.3) is 0 Å². The number of nitrogens with zero attached hydrogens (tertiary/aromatic N) is 3. The molecule has 0 aromatic heterocycles. The number of hydrogen-bond acceptors (Lipinski definition) is 4. The molecule has 0 aromatic rings. The number of amides is 1. The second-order valence-electron chi connectivity index (χ2n) is 4.61. The van der Waals surface area contributed by atoms with Gasteiger partial charge in [-0.15, -0.1) is 0 Å². The Morgan fingerprint density at radius 3 is 2.76 bits per heavy atom. The summed E-state index contributed by atoms with van der Waals surface area (Å²) in [6.45, 7) is 3.81. The Morgan fingerprint density at radius 1 is 1.59 bits per heavy atom. The fourth-order valence-corrected chi connectivity index (χ4v) is 1.37. The average Bonchev–Trinajstić information content (AvgIpc) is 2.27. The SMILES string of the molecule is CC(C)(C#N)CCN1N=C(C(=O)O)CCC1=O. The first-order valence-electron chi connectivity index (χ1n) is 5.38. The fourth-order valence-electron chi connectivity index (χ4n) is 1.37. The predicted molar refractivity (Wildman–Crippen MR) is 60.0 cm³/mol. The van der Waals surface area contributed by atoms with Gasteiger partial charge in [-0.05, 0) is 20.3 Å². The number of carboxylic acid groups (broad SMARTS) is 1. The molecule has 1 aliphatic rings. The summed E-state index contributed by atoms with van der Waals surface area (Å²) in [5.74, 6) is -1.29. The normalized spacial score (nSPS) is 16.4. The first kappa shape index (κ1) is 13.2. The van der Waals surface area contributed by atoms with Crippen LogP contribution in [0.15, 0.2) is 5.10 Å². The molecule has 1 aliphatic heterocycles. The van der Waals surface area contributed by atoms with Crippen molar-refractivity contribution in [1.29, 1.82) is 5.26 Å². The summed E-state index contributed by atoms with van der Waals surface area (Å²) in [7, 11) is 0. The van der Waals surface area contributed by atoms with Crippen molar-refractivity contribution in [3.63, 3.8) is 0 Å². The minimum Gasteiger partial charge on any atom is -0.477 e. The van der Waals surface area contributed by atoms with Crippen LogP contribution < -0.4 is 0 Å². The molecule has 0 saturated heterocycles. The van der Waals surface area contributed by atoms with Crippen LogP contribution in [0, 0.1) is 16.7 Å². The van der Waals surface area contributed by atoms with E-state index >= 15 is 0 Å². The molecule has 1 rings (SSSR count). The highest BCUT2D eigenvalue weighted by atomic mass is 16.4. The van der Waals surface area contributed by atoms with Gasteiger partial charge in [-0.3, -0.25) is 4.79 Å². The quantitative estimate of drug-likeness (QED) is 0.788. The van der Waals surface area contributed by atoms with Crippen LogP contribution in [0.5, 0.6) is 0 Å². The lowest BCUT2D eigenvalue weighted by Gasteiger charge is -2.24. The molecule has 6 nitrogen and oxygen atoms in total. The van der Waals surface area contributed by atoms with Gasteiger partial charge in [-0.1, -0.05) is 0 Å². The van der Waals surface area contributed by atoms with Gasteiger partial charge in [0.2, 0.25) is 5.91 Å². The van der Waals surface area contributed by atoms with Crippen LogP contribution in [-0.4, -0.2) is 34.2 Å². The van der Waals surface area contributed by atoms with Crippen molar-refractivity contribution < 1.29 is 14.7 Å². The van der Waals surface area contributed by atoms with E-state index in [1.165, 1.54) is 0 Å². The molecule has 92 valence electrons. The number of carbonyl (C=O) groups is 2. The van der Waals surface area contributed by atoms with Crippen molar-refractivity contribution in [2.75, 3.05) is 6.54 Å². The Labute approximate surface area is 99.5 Å². The second kappa shape index (κ2) is 4.95. The zero-order valence-electron chi connectivity index (χ0n) is 9.93. The van der Waals surface area contributed by atoms with E-state index in [9.17, 15) is 9.59 Å². The molecule has 0 atom stereocenters. The Hall–Kier alpha value is -1.90. The molecule has 0 fully saturated rings. The molecule has 0 spiro atoms. The van der Waals surface area contributed by atoms with Gasteiger partial charge in [-0.25, -0.2) is 9.80 Å². The summed E-state index contributed by atoms with van der Waals surface area (Å²) in [5, 5.41) is 22.6. The smallest absolute Gasteiger partial charge is 0.352 e. The van der Waals surface area contributed by atoms with Gasteiger partial charge in [0.15, 0.2) is 0 Å². The fraction of sp³-hybridized carbons (Fsp3) is 0.636. The van der Waals surface area contributed by atoms with E-state index in [1.54, 1.807) is 13.8 Å². The van der Waals surface area contributed by atoms with Gasteiger partial charge in [0.25, 0.3) is 0 Å². The summed E-state index contributed by atoms with van der Waals surface area (Å²) in [6.07, 6.45) is 0.802. The third-order valence-corrected chi connectivity index (χ3v) is 2.60. The summed E-state index contributed by atoms with van der Waals surface area (Å²) in [4.78, 5) is 22.3. The predicted octanol–water partition coefficient (Wildman–Crippen LogP) is 0.989. The second-order valence-corrected chi connectivity index (χ2v) is 4.61. The maximum absolute atomic E-state index is 11.5. The highest BCUT2D eigenvalue weighted by molar-refractivity contribution is 6.36. The van der Waals surface area contributed by atoms with Gasteiger partial charge >= 0.3 is 5.97 Å². The maximum atomic E-state index is 11.5. The summed E-state index contributed by atoms with van der Waals surface area (Å²) in [5.41, 5.74) is -0.546. The monoisotopic (exact) mass is 237 g/mol. The van der Waals surface area contributed by atoms with Crippen LogP contribution in [-0.2, 0) is 9.59 Å². The molecule has 0 aliphatic carbocycles. The number of rotatable bonds is 4. The molecular weight excluding hydrogens is 222 g/mol. The van der Waals surface area contributed by atoms with Crippen molar-refractivity contribution in [3.05, 3.63) is 0 Å². The molecule has 1 heterocycles. The molecule has 0 radical (unpaired) electrons. The molecule has 1 N–H and O–H groups in total. The van der Waals surface area contributed by atoms with Crippen LogP contribution >= 0.6 is 0 Å². The third kappa shape index (κ3) is 3.55. The van der Waals surface area contributed by atoms with Gasteiger partial charge < -0.3 is 5.11 Å². The Bertz CT molecular complexity index is 407. The Balaban J connectivity index is 2.69. The van der Waals surface area contributed by atoms with Crippen molar-refractivity contribution >= 4 is 17.6 Å². The maximum Gasteiger partial charge on any atom is 0.352 e. The largest absolute Gasteiger partial charge is 0.477 e. The van der Waals surface area contributed by atoms with Crippen molar-refractivity contribution in [2.45, 2.75) is 33.1 Å². The van der Waals surface area contributed by atoms with Gasteiger partial charge in [0.1, 0.15) is 5.71 Å². The molecule has 0 bridgehead atoms. The van der Waals surface area contributed by atoms with Crippen molar-refractivity contribution in [1.82, 2.24) is 5.01 Å². The summed E-state index contributed by atoms with van der Waals surface area (Å²) >= 11 is 0. The minimum atomic E-state index is -1.10. The topological polar surface area (TPSA) is 93.8 Å². The molecule has 0 saturated carbocycles. The van der Waals surface area contributed by atoms with E-state index in [0.717, 1.165) is 5.01 Å². The zero-order valence-corrected chi connectivity index (χ0v) is 9.93. The number of carbonyl (C=O) groups excluding carboxylic acids is 1. The number of carboxylic acids is 1. The number of aliphatic carboxylic acids is 1. The van der Waals surface area contributed by atoms with E-state index in [0.29, 0.717) is 6.42 Å². The third-order valence-electron chi connectivity index (χ3n) is 2.60. The summed E-state index contributed by atoms with van der Waals surface area (Å²) < 4.78 is 0. The van der Waals surface area contributed by atoms with Crippen molar-refractivity contribution in [3.8, 4) is 6.07 Å². The van der Waals surface area contributed by atoms with Crippen molar-refractivity contribution in [2.24, 2.45) is 10.5 Å². The molecular formula is C11H15N3O3. The molecule has 6 heteroatoms. The molecule has 0 aromatic carbocycles. The van der Waals surface area contributed by atoms with Crippen LogP contribution in [0.1, 0.15) is 33.1 Å². The molecule has 1 amide bonds. The first-order chi connectivity index (χ1) is 7.85. The van der Waals surface area contributed by atoms with Crippen LogP contribution in [0.4, 0.5) is 0 Å². The highest BCUT2D eigenvalue weighted by Gasteiger charge is 2.26. The standard InChI is InChI=1S/C11H15N3O3/c1-11(2,7-12)5-6-14-9(15)4-3-8(13-14)10(16)17/h3-6H2,1-2H3,(H,16,17).